The highest BCUT2D eigenvalue weighted by Gasteiger charge is 2.16. The average molecular weight is 184 g/mol. The van der Waals surface area contributed by atoms with E-state index < -0.39 is 0 Å². The third-order valence-electron chi connectivity index (χ3n) is 2.79. The van der Waals surface area contributed by atoms with Crippen LogP contribution in [0.25, 0.3) is 0 Å². The number of carbonyl (C=O) groups is 1. The molecule has 76 valence electrons. The smallest absolute Gasteiger partial charge is 0.222 e. The molecular weight excluding hydrogens is 164 g/mol. The molecule has 0 bridgehead atoms. The van der Waals surface area contributed by atoms with Crippen LogP contribution < -0.4 is 10.6 Å². The summed E-state index contributed by atoms with van der Waals surface area (Å²) in [5, 5.41) is 6.28. The standard InChI is InChI=1S/C10H20N2O/c1-3-8(2)10(13)12-7-9-4-5-11-6-9/h8-9,11H,3-7H2,1-2H3,(H,12,13). The first-order valence-electron chi connectivity index (χ1n) is 5.22. The fourth-order valence-corrected chi connectivity index (χ4v) is 1.49. The lowest BCUT2D eigenvalue weighted by atomic mass is 10.1. The van der Waals surface area contributed by atoms with Crippen LogP contribution in [0.2, 0.25) is 0 Å². The summed E-state index contributed by atoms with van der Waals surface area (Å²) in [7, 11) is 0. The molecule has 3 heteroatoms. The zero-order valence-electron chi connectivity index (χ0n) is 8.60. The van der Waals surface area contributed by atoms with E-state index >= 15 is 0 Å². The SMILES string of the molecule is CCC(C)C(=O)NCC1CCNC1. The van der Waals surface area contributed by atoms with Gasteiger partial charge in [-0.15, -0.1) is 0 Å². The highest BCUT2D eigenvalue weighted by Crippen LogP contribution is 2.06. The highest BCUT2D eigenvalue weighted by atomic mass is 16.1. The Hall–Kier alpha value is -0.570. The van der Waals surface area contributed by atoms with E-state index in [1.54, 1.807) is 0 Å². The van der Waals surface area contributed by atoms with Gasteiger partial charge in [-0.1, -0.05) is 13.8 Å². The number of carbonyl (C=O) groups excluding carboxylic acids is 1. The Morgan fingerprint density at radius 2 is 2.46 bits per heavy atom. The van der Waals surface area contributed by atoms with Crippen molar-refractivity contribution in [2.24, 2.45) is 11.8 Å². The minimum absolute atomic E-state index is 0.161. The Balaban J connectivity index is 2.13. The van der Waals surface area contributed by atoms with E-state index in [0.717, 1.165) is 26.1 Å². The van der Waals surface area contributed by atoms with Crippen molar-refractivity contribution in [3.63, 3.8) is 0 Å². The first kappa shape index (κ1) is 10.5. The summed E-state index contributed by atoms with van der Waals surface area (Å²) in [5.41, 5.74) is 0. The van der Waals surface area contributed by atoms with Crippen LogP contribution in [-0.4, -0.2) is 25.5 Å². The van der Waals surface area contributed by atoms with E-state index in [0.29, 0.717) is 5.92 Å². The Bertz CT molecular complexity index is 164. The molecule has 0 radical (unpaired) electrons. The van der Waals surface area contributed by atoms with Crippen LogP contribution in [0.15, 0.2) is 0 Å². The molecule has 1 amide bonds. The summed E-state index contributed by atoms with van der Waals surface area (Å²) >= 11 is 0. The molecule has 2 unspecified atom stereocenters. The van der Waals surface area contributed by atoms with Gasteiger partial charge >= 0.3 is 0 Å². The fourth-order valence-electron chi connectivity index (χ4n) is 1.49. The number of rotatable bonds is 4. The van der Waals surface area contributed by atoms with Gasteiger partial charge in [-0.3, -0.25) is 4.79 Å². The van der Waals surface area contributed by atoms with Crippen molar-refractivity contribution in [2.45, 2.75) is 26.7 Å². The van der Waals surface area contributed by atoms with Crippen molar-refractivity contribution in [2.75, 3.05) is 19.6 Å². The predicted octanol–water partition coefficient (Wildman–Crippen LogP) is 0.758. The lowest BCUT2D eigenvalue weighted by Gasteiger charge is -2.12. The molecule has 1 saturated heterocycles. The molecule has 13 heavy (non-hydrogen) atoms. The van der Waals surface area contributed by atoms with Gasteiger partial charge in [0.1, 0.15) is 0 Å². The molecule has 3 nitrogen and oxygen atoms in total. The molecule has 1 heterocycles. The van der Waals surface area contributed by atoms with Crippen molar-refractivity contribution in [1.29, 1.82) is 0 Å². The molecule has 2 N–H and O–H groups in total. The molecule has 1 rings (SSSR count). The number of hydrogen-bond donors (Lipinski definition) is 2. The number of hydrogen-bond acceptors (Lipinski definition) is 2. The largest absolute Gasteiger partial charge is 0.356 e. The summed E-state index contributed by atoms with van der Waals surface area (Å²) in [6, 6.07) is 0. The maximum absolute atomic E-state index is 11.4. The van der Waals surface area contributed by atoms with Gasteiger partial charge in [0.15, 0.2) is 0 Å². The lowest BCUT2D eigenvalue weighted by molar-refractivity contribution is -0.124. The maximum Gasteiger partial charge on any atom is 0.222 e. The van der Waals surface area contributed by atoms with Crippen LogP contribution in [0.5, 0.6) is 0 Å². The van der Waals surface area contributed by atoms with Crippen LogP contribution in [0.4, 0.5) is 0 Å². The second kappa shape index (κ2) is 5.22. The summed E-state index contributed by atoms with van der Waals surface area (Å²) in [6.07, 6.45) is 2.12. The molecule has 0 aromatic heterocycles. The van der Waals surface area contributed by atoms with Gasteiger partial charge < -0.3 is 10.6 Å². The molecular formula is C10H20N2O. The van der Waals surface area contributed by atoms with Gasteiger partial charge in [-0.2, -0.15) is 0 Å². The zero-order valence-corrected chi connectivity index (χ0v) is 8.60. The van der Waals surface area contributed by atoms with Crippen LogP contribution in [0.1, 0.15) is 26.7 Å². The topological polar surface area (TPSA) is 41.1 Å². The lowest BCUT2D eigenvalue weighted by Crippen LogP contribution is -2.33. The Morgan fingerprint density at radius 1 is 1.69 bits per heavy atom. The minimum atomic E-state index is 0.161. The van der Waals surface area contributed by atoms with Gasteiger partial charge in [0.2, 0.25) is 5.91 Å². The van der Waals surface area contributed by atoms with Gasteiger partial charge in [-0.05, 0) is 31.8 Å². The Kier molecular flexibility index (Phi) is 4.22. The summed E-state index contributed by atoms with van der Waals surface area (Å²) in [4.78, 5) is 11.4. The third-order valence-corrected chi connectivity index (χ3v) is 2.79. The molecule has 1 aliphatic heterocycles. The molecule has 0 saturated carbocycles. The van der Waals surface area contributed by atoms with Crippen molar-refractivity contribution in [1.82, 2.24) is 10.6 Å². The van der Waals surface area contributed by atoms with E-state index in [1.807, 2.05) is 13.8 Å². The van der Waals surface area contributed by atoms with Crippen molar-refractivity contribution >= 4 is 5.91 Å². The van der Waals surface area contributed by atoms with E-state index in [2.05, 4.69) is 10.6 Å². The van der Waals surface area contributed by atoms with E-state index in [-0.39, 0.29) is 11.8 Å². The van der Waals surface area contributed by atoms with Crippen LogP contribution >= 0.6 is 0 Å². The molecule has 0 aliphatic carbocycles. The molecule has 0 spiro atoms. The normalized spacial score (nSPS) is 24.3. The molecule has 0 aromatic carbocycles. The summed E-state index contributed by atoms with van der Waals surface area (Å²) < 4.78 is 0. The van der Waals surface area contributed by atoms with Gasteiger partial charge in [-0.25, -0.2) is 0 Å². The molecule has 1 aliphatic rings. The molecule has 1 fully saturated rings. The second-order valence-corrected chi connectivity index (χ2v) is 3.91. The first-order valence-corrected chi connectivity index (χ1v) is 5.22. The van der Waals surface area contributed by atoms with E-state index in [4.69, 9.17) is 0 Å². The van der Waals surface area contributed by atoms with Crippen LogP contribution in [0.3, 0.4) is 0 Å². The average Bonchev–Trinajstić information content (AvgIpc) is 2.65. The van der Waals surface area contributed by atoms with Gasteiger partial charge in [0.25, 0.3) is 0 Å². The van der Waals surface area contributed by atoms with E-state index in [1.165, 1.54) is 6.42 Å². The van der Waals surface area contributed by atoms with Crippen LogP contribution in [0, 0.1) is 11.8 Å². The predicted molar refractivity (Wildman–Crippen MR) is 53.4 cm³/mol. The summed E-state index contributed by atoms with van der Waals surface area (Å²) in [6.45, 7) is 7.02. The minimum Gasteiger partial charge on any atom is -0.356 e. The summed E-state index contributed by atoms with van der Waals surface area (Å²) in [5.74, 6) is 1.01. The Labute approximate surface area is 80.3 Å². The first-order chi connectivity index (χ1) is 6.24. The van der Waals surface area contributed by atoms with E-state index in [9.17, 15) is 4.79 Å². The van der Waals surface area contributed by atoms with Crippen LogP contribution in [-0.2, 0) is 4.79 Å². The molecule has 0 aromatic rings. The fraction of sp³-hybridized carbons (Fsp3) is 0.900. The zero-order chi connectivity index (χ0) is 9.68. The van der Waals surface area contributed by atoms with Crippen molar-refractivity contribution < 1.29 is 4.79 Å². The monoisotopic (exact) mass is 184 g/mol. The van der Waals surface area contributed by atoms with Gasteiger partial charge in [0.05, 0.1) is 0 Å². The number of nitrogens with one attached hydrogen (secondary N) is 2. The Morgan fingerprint density at radius 3 is 3.00 bits per heavy atom. The molecule has 2 atom stereocenters. The quantitative estimate of drug-likeness (QED) is 0.677. The number of amides is 1. The maximum atomic E-state index is 11.4. The van der Waals surface area contributed by atoms with Gasteiger partial charge in [0, 0.05) is 12.5 Å². The third kappa shape index (κ3) is 3.35. The second-order valence-electron chi connectivity index (χ2n) is 3.91. The van der Waals surface area contributed by atoms with Crippen molar-refractivity contribution in [3.05, 3.63) is 0 Å². The highest BCUT2D eigenvalue weighted by molar-refractivity contribution is 5.78. The van der Waals surface area contributed by atoms with Crippen molar-refractivity contribution in [3.8, 4) is 0 Å².